The average Bonchev–Trinajstić information content (AvgIpc) is 2.66. The molecule has 5 aromatic rings. The van der Waals surface area contributed by atoms with Gasteiger partial charge in [0.05, 0.1) is 0 Å². The molecule has 5 aromatic carbocycles. The Morgan fingerprint density at radius 1 is 0.654 bits per heavy atom. The molecule has 0 aliphatic carbocycles. The highest BCUT2D eigenvalue weighted by molar-refractivity contribution is 6.33. The van der Waals surface area contributed by atoms with E-state index in [0.29, 0.717) is 5.75 Å². The van der Waals surface area contributed by atoms with E-state index < -0.39 is 7.32 Å². The van der Waals surface area contributed by atoms with E-state index in [1.807, 2.05) is 18.2 Å². The second kappa shape index (κ2) is 5.73. The third kappa shape index (κ3) is 2.31. The van der Waals surface area contributed by atoms with E-state index in [0.717, 1.165) is 11.1 Å². The summed E-state index contributed by atoms with van der Waals surface area (Å²) in [6.07, 6.45) is 0. The standard InChI is InChI=1S/C22H15BO3/c24-23(25)26-18-6-2-5-17(13-18)19-11-9-16-8-7-14-3-1-4-15-10-12-20(19)22(16)21(14)15/h1-13,24-25H. The molecule has 0 bridgehead atoms. The molecule has 0 atom stereocenters. The van der Waals surface area contributed by atoms with Gasteiger partial charge < -0.3 is 14.7 Å². The molecule has 0 unspecified atom stereocenters. The maximum atomic E-state index is 9.06. The van der Waals surface area contributed by atoms with Crippen molar-refractivity contribution in [1.29, 1.82) is 0 Å². The van der Waals surface area contributed by atoms with Gasteiger partial charge in [0.25, 0.3) is 0 Å². The average molecular weight is 338 g/mol. The minimum Gasteiger partial charge on any atom is -0.512 e. The van der Waals surface area contributed by atoms with Crippen LogP contribution in [0.2, 0.25) is 0 Å². The van der Waals surface area contributed by atoms with Crippen molar-refractivity contribution < 1.29 is 14.7 Å². The fourth-order valence-electron chi connectivity index (χ4n) is 3.85. The van der Waals surface area contributed by atoms with Crippen LogP contribution < -0.4 is 4.65 Å². The lowest BCUT2D eigenvalue weighted by Crippen LogP contribution is -2.20. The van der Waals surface area contributed by atoms with Crippen molar-refractivity contribution in [2.45, 2.75) is 0 Å². The topological polar surface area (TPSA) is 49.7 Å². The molecule has 0 amide bonds. The van der Waals surface area contributed by atoms with Crippen molar-refractivity contribution in [3.8, 4) is 16.9 Å². The molecule has 0 saturated heterocycles. The zero-order valence-corrected chi connectivity index (χ0v) is 13.9. The van der Waals surface area contributed by atoms with E-state index in [2.05, 4.69) is 54.6 Å². The van der Waals surface area contributed by atoms with Crippen molar-refractivity contribution in [1.82, 2.24) is 0 Å². The first kappa shape index (κ1) is 15.2. The van der Waals surface area contributed by atoms with Crippen molar-refractivity contribution >= 4 is 39.6 Å². The quantitative estimate of drug-likeness (QED) is 0.373. The zero-order valence-electron chi connectivity index (χ0n) is 13.9. The molecule has 3 nitrogen and oxygen atoms in total. The van der Waals surface area contributed by atoms with Crippen LogP contribution in [0.25, 0.3) is 43.4 Å². The van der Waals surface area contributed by atoms with E-state index in [1.165, 1.54) is 32.3 Å². The number of benzene rings is 5. The van der Waals surface area contributed by atoms with Crippen LogP contribution in [0.1, 0.15) is 0 Å². The molecule has 0 heterocycles. The van der Waals surface area contributed by atoms with Gasteiger partial charge in [0.1, 0.15) is 5.75 Å². The molecule has 0 aliphatic rings. The summed E-state index contributed by atoms with van der Waals surface area (Å²) < 4.78 is 5.01. The Morgan fingerprint density at radius 3 is 2.08 bits per heavy atom. The number of hydrogen-bond donors (Lipinski definition) is 2. The van der Waals surface area contributed by atoms with Crippen molar-refractivity contribution in [2.24, 2.45) is 0 Å². The molecule has 0 aromatic heterocycles. The fraction of sp³-hybridized carbons (Fsp3) is 0. The predicted molar refractivity (Wildman–Crippen MR) is 106 cm³/mol. The van der Waals surface area contributed by atoms with Crippen LogP contribution in [0.5, 0.6) is 5.75 Å². The lowest BCUT2D eigenvalue weighted by Gasteiger charge is -2.14. The van der Waals surface area contributed by atoms with Gasteiger partial charge in [-0.1, -0.05) is 66.7 Å². The maximum Gasteiger partial charge on any atom is 0.707 e. The van der Waals surface area contributed by atoms with Crippen molar-refractivity contribution in [3.63, 3.8) is 0 Å². The van der Waals surface area contributed by atoms with E-state index in [1.54, 1.807) is 6.07 Å². The van der Waals surface area contributed by atoms with Gasteiger partial charge in [-0.3, -0.25) is 0 Å². The third-order valence-electron chi connectivity index (χ3n) is 4.92. The number of hydrogen-bond acceptors (Lipinski definition) is 3. The molecule has 0 saturated carbocycles. The molecule has 0 radical (unpaired) electrons. The van der Waals surface area contributed by atoms with Gasteiger partial charge in [-0.15, -0.1) is 0 Å². The van der Waals surface area contributed by atoms with E-state index in [9.17, 15) is 0 Å². The second-order valence-corrected chi connectivity index (χ2v) is 6.44. The molecular weight excluding hydrogens is 323 g/mol. The highest BCUT2D eigenvalue weighted by Gasteiger charge is 2.14. The minimum atomic E-state index is -1.83. The summed E-state index contributed by atoms with van der Waals surface area (Å²) in [5, 5.41) is 25.5. The van der Waals surface area contributed by atoms with Crippen LogP contribution in [0.3, 0.4) is 0 Å². The summed E-state index contributed by atoms with van der Waals surface area (Å²) in [6.45, 7) is 0. The van der Waals surface area contributed by atoms with Crippen LogP contribution in [0.4, 0.5) is 0 Å². The Balaban J connectivity index is 1.81. The molecule has 124 valence electrons. The van der Waals surface area contributed by atoms with Gasteiger partial charge in [0.2, 0.25) is 0 Å². The molecule has 0 fully saturated rings. The van der Waals surface area contributed by atoms with Gasteiger partial charge in [-0.2, -0.15) is 0 Å². The Kier molecular flexibility index (Phi) is 3.35. The van der Waals surface area contributed by atoms with Crippen LogP contribution in [0.15, 0.2) is 78.9 Å². The largest absolute Gasteiger partial charge is 0.707 e. The van der Waals surface area contributed by atoms with Crippen LogP contribution in [-0.4, -0.2) is 17.4 Å². The van der Waals surface area contributed by atoms with Crippen LogP contribution >= 0.6 is 0 Å². The Bertz CT molecular complexity index is 1230. The molecule has 4 heteroatoms. The van der Waals surface area contributed by atoms with Gasteiger partial charge in [0.15, 0.2) is 0 Å². The smallest absolute Gasteiger partial charge is 0.512 e. The second-order valence-electron chi connectivity index (χ2n) is 6.44. The third-order valence-corrected chi connectivity index (χ3v) is 4.92. The van der Waals surface area contributed by atoms with Crippen molar-refractivity contribution in [3.05, 3.63) is 78.9 Å². The monoisotopic (exact) mass is 338 g/mol. The van der Waals surface area contributed by atoms with Crippen molar-refractivity contribution in [2.75, 3.05) is 0 Å². The maximum absolute atomic E-state index is 9.06. The lowest BCUT2D eigenvalue weighted by molar-refractivity contribution is 0.288. The van der Waals surface area contributed by atoms with E-state index in [4.69, 9.17) is 14.7 Å². The molecule has 26 heavy (non-hydrogen) atoms. The van der Waals surface area contributed by atoms with Crippen LogP contribution in [-0.2, 0) is 0 Å². The Hall–Kier alpha value is -3.08. The first-order valence-electron chi connectivity index (χ1n) is 8.50. The van der Waals surface area contributed by atoms with Gasteiger partial charge in [-0.05, 0) is 55.6 Å². The summed E-state index contributed by atoms with van der Waals surface area (Å²) in [4.78, 5) is 0. The summed E-state index contributed by atoms with van der Waals surface area (Å²) in [7, 11) is -1.83. The van der Waals surface area contributed by atoms with Gasteiger partial charge >= 0.3 is 7.32 Å². The molecule has 2 N–H and O–H groups in total. The zero-order chi connectivity index (χ0) is 17.7. The number of rotatable bonds is 3. The highest BCUT2D eigenvalue weighted by Crippen LogP contribution is 2.39. The summed E-state index contributed by atoms with van der Waals surface area (Å²) in [5.41, 5.74) is 2.06. The highest BCUT2D eigenvalue weighted by atomic mass is 16.6. The summed E-state index contributed by atoms with van der Waals surface area (Å²) in [5.74, 6) is 0.420. The predicted octanol–water partition coefficient (Wildman–Crippen LogP) is 4.60. The fourth-order valence-corrected chi connectivity index (χ4v) is 3.85. The molecular formula is C22H15BO3. The SMILES string of the molecule is OB(O)Oc1cccc(-c2ccc3ccc4cccc5ccc2c3c45)c1. The van der Waals surface area contributed by atoms with Gasteiger partial charge in [-0.25, -0.2) is 0 Å². The Labute approximate surface area is 150 Å². The first-order valence-corrected chi connectivity index (χ1v) is 8.50. The van der Waals surface area contributed by atoms with Crippen LogP contribution in [0, 0.1) is 0 Å². The minimum absolute atomic E-state index is 0.420. The summed E-state index contributed by atoms with van der Waals surface area (Å²) >= 11 is 0. The molecule has 5 rings (SSSR count). The van der Waals surface area contributed by atoms with E-state index in [-0.39, 0.29) is 0 Å². The van der Waals surface area contributed by atoms with E-state index >= 15 is 0 Å². The molecule has 0 aliphatic heterocycles. The van der Waals surface area contributed by atoms with Gasteiger partial charge in [0, 0.05) is 0 Å². The first-order chi connectivity index (χ1) is 12.7. The normalized spacial score (nSPS) is 11.5. The molecule has 0 spiro atoms. The Morgan fingerprint density at radius 2 is 1.31 bits per heavy atom. The lowest BCUT2D eigenvalue weighted by atomic mass is 9.90. The summed E-state index contributed by atoms with van der Waals surface area (Å²) in [6, 6.07) is 26.7.